The molecule has 2 rings (SSSR count). The van der Waals surface area contributed by atoms with Crippen molar-refractivity contribution in [2.24, 2.45) is 5.73 Å². The van der Waals surface area contributed by atoms with E-state index in [0.717, 1.165) is 5.56 Å². The predicted molar refractivity (Wildman–Crippen MR) is 71.2 cm³/mol. The molecule has 5 heteroatoms. The van der Waals surface area contributed by atoms with Crippen LogP contribution < -0.4 is 16.0 Å². The van der Waals surface area contributed by atoms with Crippen molar-refractivity contribution in [1.29, 1.82) is 0 Å². The van der Waals surface area contributed by atoms with Crippen LogP contribution in [0.3, 0.4) is 0 Å². The molecule has 0 aliphatic rings. The summed E-state index contributed by atoms with van der Waals surface area (Å²) in [5.41, 5.74) is 6.97. The average molecular weight is 258 g/mol. The van der Waals surface area contributed by atoms with Crippen molar-refractivity contribution in [3.8, 4) is 11.4 Å². The molecule has 0 radical (unpaired) electrons. The Balaban J connectivity index is 2.54. The monoisotopic (exact) mass is 258 g/mol. The van der Waals surface area contributed by atoms with E-state index in [4.69, 9.17) is 10.5 Å². The molecule has 1 heterocycles. The third-order valence-electron chi connectivity index (χ3n) is 2.62. The zero-order chi connectivity index (χ0) is 13.8. The molecule has 0 fully saturated rings. The number of hydrogen-bond donors (Lipinski definition) is 1. The molecule has 2 aromatic rings. The fraction of sp³-hybridized carbons (Fsp3) is 0.143. The van der Waals surface area contributed by atoms with E-state index < -0.39 is 5.97 Å². The molecule has 0 amide bonds. The van der Waals surface area contributed by atoms with Crippen LogP contribution in [0.15, 0.2) is 47.4 Å². The second-order valence-electron chi connectivity index (χ2n) is 4.00. The molecule has 2 N–H and O–H groups in total. The number of carbonyl (C=O) groups excluding carboxylic acids is 1. The lowest BCUT2D eigenvalue weighted by atomic mass is 10.1. The Hall–Kier alpha value is -2.40. The van der Waals surface area contributed by atoms with Gasteiger partial charge in [-0.3, -0.25) is 14.2 Å². The number of para-hydroxylation sites is 1. The standard InChI is InChI=1S/C14H14N2O3/c1-10(17)19-12-6-7-14(18)16(9-12)13-5-3-2-4-11(13)8-15/h2-7,9H,8,15H2,1H3. The summed E-state index contributed by atoms with van der Waals surface area (Å²) in [5, 5.41) is 0. The highest BCUT2D eigenvalue weighted by Gasteiger charge is 2.07. The summed E-state index contributed by atoms with van der Waals surface area (Å²) in [4.78, 5) is 22.8. The first-order valence-electron chi connectivity index (χ1n) is 5.81. The number of aromatic nitrogens is 1. The van der Waals surface area contributed by atoms with E-state index in [1.807, 2.05) is 18.2 Å². The van der Waals surface area contributed by atoms with Crippen molar-refractivity contribution >= 4 is 5.97 Å². The van der Waals surface area contributed by atoms with Gasteiger partial charge in [0.15, 0.2) is 0 Å². The van der Waals surface area contributed by atoms with Gasteiger partial charge >= 0.3 is 5.97 Å². The van der Waals surface area contributed by atoms with Gasteiger partial charge in [-0.25, -0.2) is 0 Å². The third kappa shape index (κ3) is 2.89. The van der Waals surface area contributed by atoms with Crippen LogP contribution in [-0.4, -0.2) is 10.5 Å². The summed E-state index contributed by atoms with van der Waals surface area (Å²) in [6, 6.07) is 10.1. The second kappa shape index (κ2) is 5.49. The Kier molecular flexibility index (Phi) is 3.77. The molecule has 19 heavy (non-hydrogen) atoms. The van der Waals surface area contributed by atoms with Gasteiger partial charge < -0.3 is 10.5 Å². The van der Waals surface area contributed by atoms with Gasteiger partial charge in [0.05, 0.1) is 11.9 Å². The van der Waals surface area contributed by atoms with Gasteiger partial charge in [0, 0.05) is 19.5 Å². The maximum atomic E-state index is 11.9. The number of nitrogens with zero attached hydrogens (tertiary/aromatic N) is 1. The van der Waals surface area contributed by atoms with Gasteiger partial charge in [-0.1, -0.05) is 18.2 Å². The number of ether oxygens (including phenoxy) is 1. The van der Waals surface area contributed by atoms with Crippen molar-refractivity contribution in [2.45, 2.75) is 13.5 Å². The maximum absolute atomic E-state index is 11.9. The van der Waals surface area contributed by atoms with Crippen LogP contribution in [0.5, 0.6) is 5.75 Å². The Morgan fingerprint density at radius 3 is 2.68 bits per heavy atom. The molecule has 0 atom stereocenters. The summed E-state index contributed by atoms with van der Waals surface area (Å²) in [5.74, 6) is -0.115. The lowest BCUT2D eigenvalue weighted by molar-refractivity contribution is -0.131. The third-order valence-corrected chi connectivity index (χ3v) is 2.62. The molecule has 0 aliphatic carbocycles. The smallest absolute Gasteiger partial charge is 0.308 e. The molecule has 5 nitrogen and oxygen atoms in total. The molecular formula is C14H14N2O3. The second-order valence-corrected chi connectivity index (χ2v) is 4.00. The van der Waals surface area contributed by atoms with Crippen LogP contribution in [0.2, 0.25) is 0 Å². The molecule has 1 aromatic carbocycles. The molecule has 0 unspecified atom stereocenters. The van der Waals surface area contributed by atoms with Crippen molar-refractivity contribution in [2.75, 3.05) is 0 Å². The normalized spacial score (nSPS) is 10.2. The largest absolute Gasteiger partial charge is 0.425 e. The molecule has 0 aliphatic heterocycles. The Morgan fingerprint density at radius 1 is 1.26 bits per heavy atom. The van der Waals surface area contributed by atoms with Crippen LogP contribution in [0.1, 0.15) is 12.5 Å². The maximum Gasteiger partial charge on any atom is 0.308 e. The van der Waals surface area contributed by atoms with E-state index >= 15 is 0 Å². The van der Waals surface area contributed by atoms with Crippen LogP contribution >= 0.6 is 0 Å². The van der Waals surface area contributed by atoms with Gasteiger partial charge in [0.1, 0.15) is 5.75 Å². The van der Waals surface area contributed by atoms with E-state index in [1.165, 1.54) is 29.8 Å². The summed E-state index contributed by atoms with van der Waals surface area (Å²) in [6.07, 6.45) is 1.48. The van der Waals surface area contributed by atoms with Crippen LogP contribution in [0.25, 0.3) is 5.69 Å². The molecule has 0 bridgehead atoms. The highest BCUT2D eigenvalue weighted by molar-refractivity contribution is 5.69. The van der Waals surface area contributed by atoms with E-state index in [9.17, 15) is 9.59 Å². The van der Waals surface area contributed by atoms with Gasteiger partial charge in [0.2, 0.25) is 0 Å². The number of pyridine rings is 1. The zero-order valence-electron chi connectivity index (χ0n) is 10.5. The van der Waals surface area contributed by atoms with E-state index in [1.54, 1.807) is 6.07 Å². The number of carbonyl (C=O) groups is 1. The van der Waals surface area contributed by atoms with Gasteiger partial charge in [-0.15, -0.1) is 0 Å². The first kappa shape index (κ1) is 13.0. The molecular weight excluding hydrogens is 244 g/mol. The molecule has 0 spiro atoms. The van der Waals surface area contributed by atoms with Gasteiger partial charge in [-0.2, -0.15) is 0 Å². The topological polar surface area (TPSA) is 74.3 Å². The first-order chi connectivity index (χ1) is 9.11. The molecule has 98 valence electrons. The van der Waals surface area contributed by atoms with Gasteiger partial charge in [0.25, 0.3) is 5.56 Å². The van der Waals surface area contributed by atoms with Crippen LogP contribution in [0.4, 0.5) is 0 Å². The lowest BCUT2D eigenvalue weighted by Gasteiger charge is -2.11. The van der Waals surface area contributed by atoms with E-state index in [0.29, 0.717) is 18.0 Å². The van der Waals surface area contributed by atoms with Crippen molar-refractivity contribution in [3.05, 3.63) is 58.5 Å². The Labute approximate surface area is 110 Å². The zero-order valence-corrected chi connectivity index (χ0v) is 10.5. The minimum absolute atomic E-state index is 0.211. The van der Waals surface area contributed by atoms with Gasteiger partial charge in [-0.05, 0) is 17.7 Å². The summed E-state index contributed by atoms with van der Waals surface area (Å²) in [7, 11) is 0. The SMILES string of the molecule is CC(=O)Oc1ccc(=O)n(-c2ccccc2CN)c1. The fourth-order valence-corrected chi connectivity index (χ4v) is 1.80. The average Bonchev–Trinajstić information content (AvgIpc) is 2.40. The molecule has 1 aromatic heterocycles. The minimum atomic E-state index is -0.433. The van der Waals surface area contributed by atoms with Crippen LogP contribution in [-0.2, 0) is 11.3 Å². The lowest BCUT2D eigenvalue weighted by Crippen LogP contribution is -2.19. The number of hydrogen-bond acceptors (Lipinski definition) is 4. The Morgan fingerprint density at radius 2 is 2.00 bits per heavy atom. The number of esters is 1. The first-order valence-corrected chi connectivity index (χ1v) is 5.81. The number of benzene rings is 1. The van der Waals surface area contributed by atoms with Crippen LogP contribution in [0, 0.1) is 0 Å². The van der Waals surface area contributed by atoms with Crippen molar-refractivity contribution in [3.63, 3.8) is 0 Å². The summed E-state index contributed by atoms with van der Waals surface area (Å²) in [6.45, 7) is 1.63. The number of rotatable bonds is 3. The van der Waals surface area contributed by atoms with Crippen molar-refractivity contribution < 1.29 is 9.53 Å². The Bertz CT molecular complexity index is 662. The fourth-order valence-electron chi connectivity index (χ4n) is 1.80. The number of nitrogens with two attached hydrogens (primary N) is 1. The highest BCUT2D eigenvalue weighted by atomic mass is 16.5. The quantitative estimate of drug-likeness (QED) is 0.840. The minimum Gasteiger partial charge on any atom is -0.425 e. The van der Waals surface area contributed by atoms with E-state index in [-0.39, 0.29) is 5.56 Å². The predicted octanol–water partition coefficient (Wildman–Crippen LogP) is 1.22. The molecule has 0 saturated carbocycles. The molecule has 0 saturated heterocycles. The van der Waals surface area contributed by atoms with Crippen molar-refractivity contribution in [1.82, 2.24) is 4.57 Å². The summed E-state index contributed by atoms with van der Waals surface area (Å²) < 4.78 is 6.39. The van der Waals surface area contributed by atoms with E-state index in [2.05, 4.69) is 0 Å². The highest BCUT2D eigenvalue weighted by Crippen LogP contribution is 2.15. The summed E-state index contributed by atoms with van der Waals surface area (Å²) >= 11 is 0.